The van der Waals surface area contributed by atoms with Crippen LogP contribution >= 0.6 is 0 Å². The van der Waals surface area contributed by atoms with Crippen LogP contribution in [0.3, 0.4) is 0 Å². The highest BCUT2D eigenvalue weighted by Gasteiger charge is 2.29. The predicted molar refractivity (Wildman–Crippen MR) is 157 cm³/mol. The molecule has 1 amide bonds. The number of sulfonamides is 1. The maximum absolute atomic E-state index is 14.0. The van der Waals surface area contributed by atoms with Crippen LogP contribution in [0.2, 0.25) is 0 Å². The molecule has 1 atom stereocenters. The van der Waals surface area contributed by atoms with Gasteiger partial charge in [-0.15, -0.1) is 0 Å². The molecule has 0 spiro atoms. The van der Waals surface area contributed by atoms with E-state index in [1.165, 1.54) is 12.1 Å². The number of carbonyl (C=O) groups is 1. The maximum Gasteiger partial charge on any atom is 0.264 e. The number of ether oxygens (including phenoxy) is 1. The molecule has 2 aromatic carbocycles. The highest BCUT2D eigenvalue weighted by atomic mass is 32.2. The Kier molecular flexibility index (Phi) is 8.03. The van der Waals surface area contributed by atoms with E-state index >= 15 is 0 Å². The zero-order chi connectivity index (χ0) is 29.1. The van der Waals surface area contributed by atoms with E-state index in [-0.39, 0.29) is 46.8 Å². The standard InChI is InChI=1S/C31H33N5O4S/c1-20(2)15-25-19-40-28-17-27(29-21(3)7-5-8-22(29)4)33-31(34-28)35-41(38,39)26-10-6-9-24(16-26)30(37)36(25)18-23-11-13-32-14-12-23/h5-14,16-17,20,25H,15,18-19H2,1-4H3,(H,33,34,35)/t25-/m1/s1. The Balaban J connectivity index is 1.67. The van der Waals surface area contributed by atoms with E-state index in [4.69, 9.17) is 4.74 Å². The van der Waals surface area contributed by atoms with Crippen molar-refractivity contribution in [1.82, 2.24) is 19.9 Å². The van der Waals surface area contributed by atoms with Crippen LogP contribution in [-0.4, -0.2) is 46.8 Å². The summed E-state index contributed by atoms with van der Waals surface area (Å²) in [6, 6.07) is 17.1. The minimum absolute atomic E-state index is 0.0598. The minimum atomic E-state index is -4.12. The molecule has 1 aliphatic heterocycles. The third kappa shape index (κ3) is 6.38. The molecule has 0 unspecified atom stereocenters. The summed E-state index contributed by atoms with van der Waals surface area (Å²) in [6.07, 6.45) is 4.03. The summed E-state index contributed by atoms with van der Waals surface area (Å²) >= 11 is 0. The first-order valence-electron chi connectivity index (χ1n) is 13.5. The van der Waals surface area contributed by atoms with Gasteiger partial charge in [0.1, 0.15) is 6.61 Å². The molecule has 3 heterocycles. The quantitative estimate of drug-likeness (QED) is 0.341. The first-order chi connectivity index (χ1) is 19.6. The van der Waals surface area contributed by atoms with Crippen molar-refractivity contribution in [3.63, 3.8) is 0 Å². The van der Waals surface area contributed by atoms with Crippen molar-refractivity contribution >= 4 is 21.9 Å². The largest absolute Gasteiger partial charge is 0.475 e. The highest BCUT2D eigenvalue weighted by Crippen LogP contribution is 2.30. The summed E-state index contributed by atoms with van der Waals surface area (Å²) in [5.74, 6) is 0.0736. The third-order valence-corrected chi connectivity index (χ3v) is 8.35. The number of nitrogens with one attached hydrogen (secondary N) is 1. The molecule has 4 bridgehead atoms. The minimum Gasteiger partial charge on any atom is -0.475 e. The Bertz CT molecular complexity index is 1660. The van der Waals surface area contributed by atoms with Gasteiger partial charge in [-0.1, -0.05) is 38.1 Å². The first kappa shape index (κ1) is 28.2. The molecule has 0 saturated heterocycles. The van der Waals surface area contributed by atoms with Crippen molar-refractivity contribution in [2.24, 2.45) is 5.92 Å². The Hall–Kier alpha value is -4.31. The zero-order valence-electron chi connectivity index (χ0n) is 23.5. The number of rotatable bonds is 5. The lowest BCUT2D eigenvalue weighted by Crippen LogP contribution is -2.44. The van der Waals surface area contributed by atoms with Crippen LogP contribution in [0.1, 0.15) is 47.3 Å². The van der Waals surface area contributed by atoms with E-state index in [1.54, 1.807) is 35.5 Å². The SMILES string of the molecule is Cc1cccc(C)c1-c1cc2nc(n1)NS(=O)(=O)c1cccc(c1)C(=O)N(Cc1ccncc1)[C@H](CC(C)C)CO2. The molecule has 10 heteroatoms. The second kappa shape index (κ2) is 11.7. The third-order valence-electron chi connectivity index (χ3n) is 7.03. The Morgan fingerprint density at radius 3 is 2.41 bits per heavy atom. The average Bonchev–Trinajstić information content (AvgIpc) is 2.93. The van der Waals surface area contributed by atoms with Gasteiger partial charge < -0.3 is 9.64 Å². The molecule has 9 nitrogen and oxygen atoms in total. The first-order valence-corrected chi connectivity index (χ1v) is 15.0. The van der Waals surface area contributed by atoms with Crippen LogP contribution in [0.25, 0.3) is 11.3 Å². The van der Waals surface area contributed by atoms with Crippen molar-refractivity contribution < 1.29 is 17.9 Å². The second-order valence-electron chi connectivity index (χ2n) is 10.7. The lowest BCUT2D eigenvalue weighted by Gasteiger charge is -2.33. The van der Waals surface area contributed by atoms with Crippen LogP contribution in [-0.2, 0) is 16.6 Å². The summed E-state index contributed by atoms with van der Waals surface area (Å²) in [7, 11) is -4.12. The van der Waals surface area contributed by atoms with Crippen LogP contribution in [0, 0.1) is 19.8 Å². The summed E-state index contributed by atoms with van der Waals surface area (Å²) < 4.78 is 35.7. The van der Waals surface area contributed by atoms with Crippen molar-refractivity contribution in [1.29, 1.82) is 0 Å². The Morgan fingerprint density at radius 1 is 1.00 bits per heavy atom. The van der Waals surface area contributed by atoms with E-state index in [1.807, 2.05) is 44.2 Å². The normalized spacial score (nSPS) is 16.7. The lowest BCUT2D eigenvalue weighted by atomic mass is 10.00. The van der Waals surface area contributed by atoms with Gasteiger partial charge in [0.15, 0.2) is 0 Å². The number of benzene rings is 2. The van der Waals surface area contributed by atoms with Gasteiger partial charge in [0.2, 0.25) is 11.8 Å². The zero-order valence-corrected chi connectivity index (χ0v) is 24.4. The van der Waals surface area contributed by atoms with E-state index in [0.717, 1.165) is 22.3 Å². The summed E-state index contributed by atoms with van der Waals surface area (Å²) in [4.78, 5) is 28.8. The number of aryl methyl sites for hydroxylation is 2. The molecule has 0 aliphatic carbocycles. The van der Waals surface area contributed by atoms with Gasteiger partial charge in [0.05, 0.1) is 16.6 Å². The monoisotopic (exact) mass is 571 g/mol. The number of hydrogen-bond acceptors (Lipinski definition) is 7. The van der Waals surface area contributed by atoms with Crippen molar-refractivity contribution in [2.75, 3.05) is 11.3 Å². The van der Waals surface area contributed by atoms with E-state index < -0.39 is 10.0 Å². The molecule has 5 rings (SSSR count). The molecule has 0 fully saturated rings. The fraction of sp³-hybridized carbons (Fsp3) is 0.290. The number of anilines is 1. The van der Waals surface area contributed by atoms with Crippen LogP contribution in [0.4, 0.5) is 5.95 Å². The van der Waals surface area contributed by atoms with E-state index in [9.17, 15) is 13.2 Å². The van der Waals surface area contributed by atoms with Gasteiger partial charge in [0, 0.05) is 36.1 Å². The molecule has 0 radical (unpaired) electrons. The van der Waals surface area contributed by atoms with Crippen molar-refractivity contribution in [2.45, 2.75) is 51.6 Å². The topological polar surface area (TPSA) is 114 Å². The molecule has 1 aliphatic rings. The summed E-state index contributed by atoms with van der Waals surface area (Å²) in [5, 5.41) is 0. The fourth-order valence-corrected chi connectivity index (χ4v) is 6.08. The lowest BCUT2D eigenvalue weighted by molar-refractivity contribution is 0.0553. The van der Waals surface area contributed by atoms with Gasteiger partial charge in [0.25, 0.3) is 15.9 Å². The van der Waals surface area contributed by atoms with Crippen LogP contribution < -0.4 is 9.46 Å². The molecule has 41 heavy (non-hydrogen) atoms. The van der Waals surface area contributed by atoms with Gasteiger partial charge in [-0.2, -0.15) is 4.98 Å². The van der Waals surface area contributed by atoms with Gasteiger partial charge in [-0.25, -0.2) is 18.1 Å². The van der Waals surface area contributed by atoms with Crippen LogP contribution in [0.15, 0.2) is 78.0 Å². The molecule has 4 aromatic rings. The predicted octanol–water partition coefficient (Wildman–Crippen LogP) is 5.41. The number of aromatic nitrogens is 3. The van der Waals surface area contributed by atoms with Gasteiger partial charge in [-0.3, -0.25) is 9.78 Å². The van der Waals surface area contributed by atoms with Crippen molar-refractivity contribution in [3.8, 4) is 17.1 Å². The fourth-order valence-electron chi connectivity index (χ4n) is 5.09. The molecule has 0 saturated carbocycles. The number of pyridine rings is 1. The number of carbonyl (C=O) groups excluding carboxylic acids is 1. The second-order valence-corrected chi connectivity index (χ2v) is 12.4. The Labute approximate surface area is 240 Å². The molecular formula is C31H33N5O4S. The van der Waals surface area contributed by atoms with Gasteiger partial charge in [-0.05, 0) is 73.2 Å². The number of hydrogen-bond donors (Lipinski definition) is 1. The van der Waals surface area contributed by atoms with E-state index in [2.05, 4.69) is 33.5 Å². The Morgan fingerprint density at radius 2 is 1.71 bits per heavy atom. The molecule has 212 valence electrons. The smallest absolute Gasteiger partial charge is 0.264 e. The summed E-state index contributed by atoms with van der Waals surface area (Å²) in [6.45, 7) is 8.60. The van der Waals surface area contributed by atoms with Crippen LogP contribution in [0.5, 0.6) is 5.88 Å². The maximum atomic E-state index is 14.0. The molecular weight excluding hydrogens is 538 g/mol. The van der Waals surface area contributed by atoms with E-state index in [0.29, 0.717) is 18.7 Å². The molecule has 2 aromatic heterocycles. The number of amides is 1. The number of nitrogens with zero attached hydrogens (tertiary/aromatic N) is 4. The molecule has 1 N–H and O–H groups in total. The summed E-state index contributed by atoms with van der Waals surface area (Å²) in [5.41, 5.74) is 4.55. The number of fused-ring (bicyclic) bond motifs is 4. The highest BCUT2D eigenvalue weighted by molar-refractivity contribution is 7.92. The van der Waals surface area contributed by atoms with Crippen molar-refractivity contribution in [3.05, 3.63) is 95.3 Å². The average molecular weight is 572 g/mol. The van der Waals surface area contributed by atoms with Gasteiger partial charge >= 0.3 is 0 Å².